The van der Waals surface area contributed by atoms with Gasteiger partial charge in [-0.1, -0.05) is 56.7 Å². The highest BCUT2D eigenvalue weighted by atomic mass is 32.2. The molecule has 0 atom stereocenters. The number of aromatic nitrogens is 2. The third kappa shape index (κ3) is 4.53. The molecular formula is C21H26N4O2S2. The molecule has 1 amide bonds. The van der Waals surface area contributed by atoms with Gasteiger partial charge in [0.15, 0.2) is 0 Å². The average Bonchev–Trinajstić information content (AvgIpc) is 2.96. The Morgan fingerprint density at radius 3 is 2.76 bits per heavy atom. The average molecular weight is 431 g/mol. The van der Waals surface area contributed by atoms with E-state index in [0.717, 1.165) is 37.8 Å². The van der Waals surface area contributed by atoms with Gasteiger partial charge in [-0.05, 0) is 37.5 Å². The lowest BCUT2D eigenvalue weighted by Gasteiger charge is -2.13. The molecule has 154 valence electrons. The van der Waals surface area contributed by atoms with Crippen molar-refractivity contribution < 1.29 is 4.79 Å². The summed E-state index contributed by atoms with van der Waals surface area (Å²) in [5, 5.41) is 3.31. The summed E-state index contributed by atoms with van der Waals surface area (Å²) in [6.07, 6.45) is 7.37. The van der Waals surface area contributed by atoms with Crippen LogP contribution in [0.15, 0.2) is 28.0 Å². The van der Waals surface area contributed by atoms with Crippen molar-refractivity contribution in [1.82, 2.24) is 14.3 Å². The maximum absolute atomic E-state index is 13.2. The molecule has 0 aromatic carbocycles. The summed E-state index contributed by atoms with van der Waals surface area (Å²) in [5.74, 6) is 0.369. The van der Waals surface area contributed by atoms with Crippen LogP contribution in [0.25, 0.3) is 11.7 Å². The molecule has 1 N–H and O–H groups in total. The van der Waals surface area contributed by atoms with E-state index in [2.05, 4.69) is 12.2 Å². The largest absolute Gasteiger partial charge is 0.369 e. The van der Waals surface area contributed by atoms with E-state index in [9.17, 15) is 9.59 Å². The monoisotopic (exact) mass is 430 g/mol. The first kappa shape index (κ1) is 21.5. The van der Waals surface area contributed by atoms with Gasteiger partial charge in [-0.15, -0.1) is 0 Å². The lowest BCUT2D eigenvalue weighted by Crippen LogP contribution is -2.28. The van der Waals surface area contributed by atoms with Crippen molar-refractivity contribution in [2.24, 2.45) is 0 Å². The molecule has 8 heteroatoms. The molecule has 0 spiro atoms. The summed E-state index contributed by atoms with van der Waals surface area (Å²) >= 11 is 6.59. The first-order chi connectivity index (χ1) is 14.0. The number of aryl methyl sites for hydroxylation is 1. The lowest BCUT2D eigenvalue weighted by atomic mass is 10.2. The third-order valence-electron chi connectivity index (χ3n) is 4.75. The van der Waals surface area contributed by atoms with Crippen molar-refractivity contribution in [1.29, 1.82) is 0 Å². The number of carbonyl (C=O) groups is 1. The number of thioether (sulfide) groups is 1. The number of nitrogens with one attached hydrogen (secondary N) is 1. The van der Waals surface area contributed by atoms with Crippen LogP contribution in [-0.2, 0) is 4.79 Å². The van der Waals surface area contributed by atoms with Crippen LogP contribution in [0.3, 0.4) is 0 Å². The van der Waals surface area contributed by atoms with Gasteiger partial charge >= 0.3 is 0 Å². The van der Waals surface area contributed by atoms with Crippen molar-refractivity contribution >= 4 is 51.7 Å². The van der Waals surface area contributed by atoms with Gasteiger partial charge in [0.05, 0.1) is 10.5 Å². The van der Waals surface area contributed by atoms with E-state index in [0.29, 0.717) is 32.8 Å². The highest BCUT2D eigenvalue weighted by Crippen LogP contribution is 2.33. The molecule has 1 fully saturated rings. The molecule has 0 aliphatic carbocycles. The number of thiocarbonyl (C=S) groups is 1. The Balaban J connectivity index is 2.07. The van der Waals surface area contributed by atoms with Crippen LogP contribution < -0.4 is 10.9 Å². The summed E-state index contributed by atoms with van der Waals surface area (Å²) in [5.41, 5.74) is 1.73. The Hall–Kier alpha value is -2.19. The molecule has 1 aliphatic heterocycles. The van der Waals surface area contributed by atoms with E-state index in [4.69, 9.17) is 17.2 Å². The van der Waals surface area contributed by atoms with Gasteiger partial charge in [0, 0.05) is 19.3 Å². The quantitative estimate of drug-likeness (QED) is 0.384. The number of pyridine rings is 1. The van der Waals surface area contributed by atoms with Gasteiger partial charge in [-0.3, -0.25) is 18.9 Å². The van der Waals surface area contributed by atoms with Crippen LogP contribution in [0.5, 0.6) is 0 Å². The van der Waals surface area contributed by atoms with Gasteiger partial charge in [0.1, 0.15) is 15.8 Å². The summed E-state index contributed by atoms with van der Waals surface area (Å²) in [6, 6.07) is 3.75. The van der Waals surface area contributed by atoms with Gasteiger partial charge < -0.3 is 5.32 Å². The van der Waals surface area contributed by atoms with Crippen molar-refractivity contribution in [3.8, 4) is 0 Å². The predicted octanol–water partition coefficient (Wildman–Crippen LogP) is 4.22. The molecule has 0 saturated carbocycles. The highest BCUT2D eigenvalue weighted by Gasteiger charge is 2.32. The first-order valence-corrected chi connectivity index (χ1v) is 11.2. The van der Waals surface area contributed by atoms with Gasteiger partial charge in [0.25, 0.3) is 11.5 Å². The fraction of sp³-hybridized carbons (Fsp3) is 0.429. The van der Waals surface area contributed by atoms with Crippen LogP contribution in [0.1, 0.15) is 50.7 Å². The topological polar surface area (TPSA) is 66.7 Å². The van der Waals surface area contributed by atoms with Crippen molar-refractivity contribution in [3.05, 3.63) is 44.7 Å². The molecule has 0 unspecified atom stereocenters. The number of hydrogen-bond acceptors (Lipinski definition) is 6. The van der Waals surface area contributed by atoms with E-state index < -0.39 is 0 Å². The van der Waals surface area contributed by atoms with Crippen LogP contribution in [-0.4, -0.2) is 37.6 Å². The van der Waals surface area contributed by atoms with Crippen LogP contribution in [0, 0.1) is 6.92 Å². The second kappa shape index (κ2) is 9.54. The number of fused-ring (bicyclic) bond motifs is 1. The zero-order chi connectivity index (χ0) is 21.0. The lowest BCUT2D eigenvalue weighted by molar-refractivity contribution is -0.122. The molecule has 1 saturated heterocycles. The van der Waals surface area contributed by atoms with Crippen molar-refractivity contribution in [3.63, 3.8) is 0 Å². The van der Waals surface area contributed by atoms with E-state index in [1.165, 1.54) is 16.2 Å². The molecule has 1 aliphatic rings. The molecule has 0 bridgehead atoms. The highest BCUT2D eigenvalue weighted by molar-refractivity contribution is 8.26. The molecular weight excluding hydrogens is 404 g/mol. The second-order valence-electron chi connectivity index (χ2n) is 7.03. The fourth-order valence-corrected chi connectivity index (χ4v) is 4.50. The van der Waals surface area contributed by atoms with Crippen molar-refractivity contribution in [2.45, 2.75) is 46.5 Å². The maximum atomic E-state index is 13.2. The molecule has 29 heavy (non-hydrogen) atoms. The number of anilines is 1. The Bertz CT molecular complexity index is 1030. The third-order valence-corrected chi connectivity index (χ3v) is 6.13. The summed E-state index contributed by atoms with van der Waals surface area (Å²) in [4.78, 5) is 32.8. The first-order valence-electron chi connectivity index (χ1n) is 9.99. The smallest absolute Gasteiger partial charge is 0.267 e. The normalized spacial score (nSPS) is 15.7. The number of nitrogens with zero attached hydrogens (tertiary/aromatic N) is 3. The molecule has 2 aromatic rings. The molecule has 3 rings (SSSR count). The number of hydrogen-bond donors (Lipinski definition) is 1. The van der Waals surface area contributed by atoms with Crippen LogP contribution in [0.2, 0.25) is 0 Å². The number of amides is 1. The number of rotatable bonds is 8. The van der Waals surface area contributed by atoms with Crippen molar-refractivity contribution in [2.75, 3.05) is 18.4 Å². The van der Waals surface area contributed by atoms with E-state index >= 15 is 0 Å². The Morgan fingerprint density at radius 2 is 2.03 bits per heavy atom. The standard InChI is InChI=1S/C21H26N4O2S2/c1-4-6-7-10-22-17-15(13-16-20(27)25(11-5-2)21(28)29-16)19(26)24-12-8-9-14(3)18(24)23-17/h8-9,12-13,22H,4-7,10-11H2,1-3H3/b16-13+. The summed E-state index contributed by atoms with van der Waals surface area (Å²) < 4.78 is 2.07. The van der Waals surface area contributed by atoms with Crippen LogP contribution in [0.4, 0.5) is 5.82 Å². The zero-order valence-corrected chi connectivity index (χ0v) is 18.7. The Labute approximate surface area is 180 Å². The van der Waals surface area contributed by atoms with Crippen LogP contribution >= 0.6 is 24.0 Å². The minimum Gasteiger partial charge on any atom is -0.369 e. The zero-order valence-electron chi connectivity index (χ0n) is 17.0. The molecule has 6 nitrogen and oxygen atoms in total. The Morgan fingerprint density at radius 1 is 1.24 bits per heavy atom. The van der Waals surface area contributed by atoms with Gasteiger partial charge in [-0.25, -0.2) is 4.98 Å². The predicted molar refractivity (Wildman–Crippen MR) is 124 cm³/mol. The summed E-state index contributed by atoms with van der Waals surface area (Å²) in [7, 11) is 0. The SMILES string of the molecule is CCCCCNc1nc2c(C)cccn2c(=O)c1/C=C1/SC(=S)N(CCC)C1=O. The molecule has 0 radical (unpaired) electrons. The number of carbonyl (C=O) groups excluding carboxylic acids is 1. The van der Waals surface area contributed by atoms with E-state index in [1.807, 2.05) is 26.0 Å². The molecule has 2 aromatic heterocycles. The van der Waals surface area contributed by atoms with Gasteiger partial charge in [-0.2, -0.15) is 0 Å². The summed E-state index contributed by atoms with van der Waals surface area (Å²) in [6.45, 7) is 7.38. The Kier molecular flexibility index (Phi) is 7.08. The van der Waals surface area contributed by atoms with E-state index in [1.54, 1.807) is 17.2 Å². The minimum absolute atomic E-state index is 0.146. The number of unbranched alkanes of at least 4 members (excludes halogenated alkanes) is 2. The van der Waals surface area contributed by atoms with E-state index in [-0.39, 0.29) is 11.5 Å². The maximum Gasteiger partial charge on any atom is 0.267 e. The second-order valence-corrected chi connectivity index (χ2v) is 8.71. The fourth-order valence-electron chi connectivity index (χ4n) is 3.21. The molecule has 3 heterocycles. The van der Waals surface area contributed by atoms with Gasteiger partial charge in [0.2, 0.25) is 0 Å². The minimum atomic E-state index is -0.197.